The molecule has 5 nitrogen and oxygen atoms in total. The summed E-state index contributed by atoms with van der Waals surface area (Å²) in [7, 11) is 0. The van der Waals surface area contributed by atoms with Crippen molar-refractivity contribution in [2.24, 2.45) is 0 Å². The molecule has 1 heterocycles. The predicted octanol–water partition coefficient (Wildman–Crippen LogP) is 3.76. The number of nitrogens with zero attached hydrogens (tertiary/aromatic N) is 1. The Morgan fingerprint density at radius 1 is 0.957 bits per heavy atom. The van der Waals surface area contributed by atoms with Gasteiger partial charge in [0, 0.05) is 11.1 Å². The number of aromatic nitrogens is 1. The number of carboxylic acids is 1. The van der Waals surface area contributed by atoms with Crippen LogP contribution >= 0.6 is 11.3 Å². The van der Waals surface area contributed by atoms with E-state index in [4.69, 9.17) is 0 Å². The predicted molar refractivity (Wildman–Crippen MR) is 88.9 cm³/mol. The number of carbonyl (C=O) groups excluding carboxylic acids is 1. The highest BCUT2D eigenvalue weighted by atomic mass is 32.1. The molecule has 0 saturated heterocycles. The van der Waals surface area contributed by atoms with Crippen molar-refractivity contribution in [2.75, 3.05) is 5.32 Å². The summed E-state index contributed by atoms with van der Waals surface area (Å²) in [4.78, 5) is 27.9. The molecule has 0 aliphatic heterocycles. The normalized spacial score (nSPS) is 10.3. The van der Waals surface area contributed by atoms with Crippen LogP contribution in [0.4, 0.5) is 5.13 Å². The molecule has 0 radical (unpaired) electrons. The van der Waals surface area contributed by atoms with E-state index in [0.29, 0.717) is 16.8 Å². The zero-order valence-corrected chi connectivity index (χ0v) is 12.7. The lowest BCUT2D eigenvalue weighted by Crippen LogP contribution is -2.11. The fourth-order valence-corrected chi connectivity index (χ4v) is 2.89. The van der Waals surface area contributed by atoms with Crippen LogP contribution in [0.25, 0.3) is 11.3 Å². The number of benzene rings is 2. The molecule has 0 aliphatic rings. The molecule has 0 unspecified atom stereocenters. The van der Waals surface area contributed by atoms with Crippen molar-refractivity contribution in [3.63, 3.8) is 0 Å². The van der Waals surface area contributed by atoms with E-state index in [-0.39, 0.29) is 15.9 Å². The lowest BCUT2D eigenvalue weighted by molar-refractivity contribution is 0.0702. The summed E-state index contributed by atoms with van der Waals surface area (Å²) >= 11 is 0.943. The van der Waals surface area contributed by atoms with Crippen LogP contribution in [0, 0.1) is 0 Å². The summed E-state index contributed by atoms with van der Waals surface area (Å²) in [6.07, 6.45) is 0. The van der Waals surface area contributed by atoms with Crippen LogP contribution in [0.1, 0.15) is 20.0 Å². The van der Waals surface area contributed by atoms with Gasteiger partial charge >= 0.3 is 5.97 Å². The summed E-state index contributed by atoms with van der Waals surface area (Å²) in [6, 6.07) is 17.7. The second-order valence-electron chi connectivity index (χ2n) is 4.69. The van der Waals surface area contributed by atoms with E-state index in [1.54, 1.807) is 36.4 Å². The Balaban J connectivity index is 1.93. The number of hydrogen-bond donors (Lipinski definition) is 2. The monoisotopic (exact) mass is 324 g/mol. The van der Waals surface area contributed by atoms with Crippen molar-refractivity contribution >= 4 is 28.3 Å². The van der Waals surface area contributed by atoms with Crippen LogP contribution < -0.4 is 5.32 Å². The quantitative estimate of drug-likeness (QED) is 0.766. The highest BCUT2D eigenvalue weighted by Gasteiger charge is 2.20. The lowest BCUT2D eigenvalue weighted by atomic mass is 10.1. The first-order chi connectivity index (χ1) is 11.1. The van der Waals surface area contributed by atoms with Crippen molar-refractivity contribution in [3.05, 3.63) is 71.1 Å². The maximum Gasteiger partial charge on any atom is 0.348 e. The number of amides is 1. The molecule has 0 aliphatic carbocycles. The minimum absolute atomic E-state index is 0.0968. The van der Waals surface area contributed by atoms with Crippen LogP contribution in [0.15, 0.2) is 60.7 Å². The molecule has 0 spiro atoms. The maximum absolute atomic E-state index is 12.1. The van der Waals surface area contributed by atoms with Gasteiger partial charge in [0.1, 0.15) is 4.88 Å². The largest absolute Gasteiger partial charge is 0.477 e. The third-order valence-electron chi connectivity index (χ3n) is 3.13. The molecule has 2 N–H and O–H groups in total. The Hall–Kier alpha value is -2.99. The van der Waals surface area contributed by atoms with Gasteiger partial charge in [0.2, 0.25) is 0 Å². The summed E-state index contributed by atoms with van der Waals surface area (Å²) in [5.74, 6) is -1.39. The van der Waals surface area contributed by atoms with E-state index in [0.717, 1.165) is 11.3 Å². The van der Waals surface area contributed by atoms with Crippen molar-refractivity contribution in [1.29, 1.82) is 0 Å². The summed E-state index contributed by atoms with van der Waals surface area (Å²) in [5.41, 5.74) is 1.54. The standard InChI is InChI=1S/C17H12N2O3S/c20-15(12-9-5-2-6-10-12)19-17-18-13(14(23-17)16(21)22)11-7-3-1-4-8-11/h1-10H,(H,21,22)(H,18,19,20). The molecule has 1 amide bonds. The number of thiazole rings is 1. The summed E-state index contributed by atoms with van der Waals surface area (Å²) in [6.45, 7) is 0. The SMILES string of the molecule is O=C(Nc1nc(-c2ccccc2)c(C(=O)O)s1)c1ccccc1. The van der Waals surface area contributed by atoms with E-state index in [2.05, 4.69) is 10.3 Å². The van der Waals surface area contributed by atoms with E-state index in [9.17, 15) is 14.7 Å². The van der Waals surface area contributed by atoms with Crippen molar-refractivity contribution < 1.29 is 14.7 Å². The van der Waals surface area contributed by atoms with Crippen LogP contribution in [0.3, 0.4) is 0 Å². The van der Waals surface area contributed by atoms with Crippen molar-refractivity contribution in [3.8, 4) is 11.3 Å². The van der Waals surface area contributed by atoms with Gasteiger partial charge in [-0.1, -0.05) is 59.9 Å². The van der Waals surface area contributed by atoms with Crippen LogP contribution in [0.2, 0.25) is 0 Å². The molecule has 23 heavy (non-hydrogen) atoms. The van der Waals surface area contributed by atoms with Crippen LogP contribution in [-0.2, 0) is 0 Å². The van der Waals surface area contributed by atoms with E-state index >= 15 is 0 Å². The van der Waals surface area contributed by atoms with E-state index in [1.165, 1.54) is 0 Å². The number of aromatic carboxylic acids is 1. The highest BCUT2D eigenvalue weighted by molar-refractivity contribution is 7.18. The Bertz CT molecular complexity index is 845. The number of carbonyl (C=O) groups is 2. The van der Waals surface area contributed by atoms with Gasteiger partial charge < -0.3 is 5.11 Å². The second-order valence-corrected chi connectivity index (χ2v) is 5.69. The summed E-state index contributed by atoms with van der Waals surface area (Å²) in [5, 5.41) is 12.3. The number of anilines is 1. The minimum Gasteiger partial charge on any atom is -0.477 e. The first-order valence-electron chi connectivity index (χ1n) is 6.81. The lowest BCUT2D eigenvalue weighted by Gasteiger charge is -2.00. The molecular weight excluding hydrogens is 312 g/mol. The molecule has 3 aromatic rings. The Kier molecular flexibility index (Phi) is 4.16. The molecule has 0 atom stereocenters. The number of rotatable bonds is 4. The van der Waals surface area contributed by atoms with Crippen LogP contribution in [0.5, 0.6) is 0 Å². The Morgan fingerprint density at radius 2 is 1.57 bits per heavy atom. The minimum atomic E-state index is -1.07. The van der Waals surface area contributed by atoms with E-state index < -0.39 is 5.97 Å². The van der Waals surface area contributed by atoms with Crippen molar-refractivity contribution in [1.82, 2.24) is 4.98 Å². The highest BCUT2D eigenvalue weighted by Crippen LogP contribution is 2.31. The Labute approximate surface area is 136 Å². The topological polar surface area (TPSA) is 79.3 Å². The van der Waals surface area contributed by atoms with Gasteiger partial charge in [-0.3, -0.25) is 10.1 Å². The smallest absolute Gasteiger partial charge is 0.348 e. The molecule has 2 aromatic carbocycles. The van der Waals surface area contributed by atoms with Gasteiger partial charge in [-0.2, -0.15) is 0 Å². The van der Waals surface area contributed by atoms with Gasteiger partial charge in [-0.15, -0.1) is 0 Å². The third-order valence-corrected chi connectivity index (χ3v) is 4.08. The second kappa shape index (κ2) is 6.41. The zero-order chi connectivity index (χ0) is 16.2. The molecule has 114 valence electrons. The van der Waals surface area contributed by atoms with Crippen LogP contribution in [-0.4, -0.2) is 22.0 Å². The Morgan fingerprint density at radius 3 is 2.17 bits per heavy atom. The van der Waals surface area contributed by atoms with Gasteiger partial charge in [-0.05, 0) is 12.1 Å². The molecule has 1 aromatic heterocycles. The number of hydrogen-bond acceptors (Lipinski definition) is 4. The summed E-state index contributed by atoms with van der Waals surface area (Å²) < 4.78 is 0. The first kappa shape index (κ1) is 14.9. The number of carboxylic acid groups (broad SMARTS) is 1. The first-order valence-corrected chi connectivity index (χ1v) is 7.63. The van der Waals surface area contributed by atoms with Gasteiger partial charge in [0.15, 0.2) is 5.13 Å². The molecule has 0 saturated carbocycles. The molecule has 0 bridgehead atoms. The average Bonchev–Trinajstić information content (AvgIpc) is 3.00. The molecular formula is C17H12N2O3S. The fourth-order valence-electron chi connectivity index (χ4n) is 2.07. The van der Waals surface area contributed by atoms with Crippen molar-refractivity contribution in [2.45, 2.75) is 0 Å². The molecule has 0 fully saturated rings. The average molecular weight is 324 g/mol. The third kappa shape index (κ3) is 3.27. The van der Waals surface area contributed by atoms with E-state index in [1.807, 2.05) is 24.3 Å². The maximum atomic E-state index is 12.1. The molecule has 6 heteroatoms. The van der Waals surface area contributed by atoms with Gasteiger partial charge in [0.05, 0.1) is 5.69 Å². The van der Waals surface area contributed by atoms with Gasteiger partial charge in [0.25, 0.3) is 5.91 Å². The fraction of sp³-hybridized carbons (Fsp3) is 0. The number of nitrogens with one attached hydrogen (secondary N) is 1. The zero-order valence-electron chi connectivity index (χ0n) is 11.9. The molecule has 3 rings (SSSR count). The van der Waals surface area contributed by atoms with Gasteiger partial charge in [-0.25, -0.2) is 9.78 Å².